The number of aryl methyl sites for hydroxylation is 2. The summed E-state index contributed by atoms with van der Waals surface area (Å²) in [6, 6.07) is 9.90. The van der Waals surface area contributed by atoms with E-state index in [2.05, 4.69) is 42.4 Å². The van der Waals surface area contributed by atoms with Crippen LogP contribution in [0.15, 0.2) is 30.3 Å². The number of nitrogens with zero attached hydrogens (tertiary/aromatic N) is 2. The van der Waals surface area contributed by atoms with Gasteiger partial charge in [-0.2, -0.15) is 5.10 Å². The normalized spacial score (nSPS) is 11.5. The molecule has 112 valence electrons. The van der Waals surface area contributed by atoms with Gasteiger partial charge >= 0.3 is 0 Å². The van der Waals surface area contributed by atoms with E-state index >= 15 is 0 Å². The maximum atomic E-state index is 5.80. The van der Waals surface area contributed by atoms with Gasteiger partial charge in [0.05, 0.1) is 5.69 Å². The van der Waals surface area contributed by atoms with Crippen molar-refractivity contribution in [1.29, 1.82) is 0 Å². The Morgan fingerprint density at radius 1 is 1.05 bits per heavy atom. The molecule has 0 aliphatic carbocycles. The Bertz CT molecular complexity index is 600. The third kappa shape index (κ3) is 4.83. The van der Waals surface area contributed by atoms with Crippen LogP contribution in [0.2, 0.25) is 0 Å². The topological polar surface area (TPSA) is 47.0 Å². The van der Waals surface area contributed by atoms with Crippen molar-refractivity contribution in [3.05, 3.63) is 47.2 Å². The van der Waals surface area contributed by atoms with Gasteiger partial charge in [-0.25, -0.2) is 0 Å². The predicted octanol–water partition coefficient (Wildman–Crippen LogP) is 3.77. The number of nitrogens with one attached hydrogen (secondary N) is 1. The first-order chi connectivity index (χ1) is 9.83. The third-order valence-electron chi connectivity index (χ3n) is 3.05. The molecule has 1 aromatic heterocycles. The predicted molar refractivity (Wildman–Crippen MR) is 84.6 cm³/mol. The Kier molecular flexibility index (Phi) is 4.58. The van der Waals surface area contributed by atoms with Gasteiger partial charge in [-0.15, -0.1) is 5.10 Å². The smallest absolute Gasteiger partial charge is 0.238 e. The van der Waals surface area contributed by atoms with Crippen LogP contribution in [0.4, 0.5) is 0 Å². The molecule has 4 nitrogen and oxygen atoms in total. The molecule has 0 aliphatic rings. The van der Waals surface area contributed by atoms with E-state index in [1.54, 1.807) is 0 Å². The lowest BCUT2D eigenvalue weighted by molar-refractivity contribution is 0.416. The van der Waals surface area contributed by atoms with Crippen LogP contribution in [-0.4, -0.2) is 15.7 Å². The molecule has 4 heteroatoms. The van der Waals surface area contributed by atoms with E-state index in [4.69, 9.17) is 4.74 Å². The first-order valence-electron chi connectivity index (χ1n) is 7.16. The molecule has 0 spiro atoms. The maximum absolute atomic E-state index is 5.80. The van der Waals surface area contributed by atoms with E-state index in [1.165, 1.54) is 0 Å². The van der Waals surface area contributed by atoms with Gasteiger partial charge in [0.25, 0.3) is 0 Å². The minimum Gasteiger partial charge on any atom is -0.437 e. The van der Waals surface area contributed by atoms with Crippen molar-refractivity contribution >= 4 is 0 Å². The van der Waals surface area contributed by atoms with E-state index in [1.807, 2.05) is 38.1 Å². The van der Waals surface area contributed by atoms with E-state index in [-0.39, 0.29) is 5.54 Å². The summed E-state index contributed by atoms with van der Waals surface area (Å²) in [7, 11) is 0. The first-order valence-corrected chi connectivity index (χ1v) is 7.16. The maximum Gasteiger partial charge on any atom is 0.238 e. The molecular weight excluding hydrogens is 262 g/mol. The van der Waals surface area contributed by atoms with Gasteiger partial charge < -0.3 is 10.1 Å². The fraction of sp³-hybridized carbons (Fsp3) is 0.412. The molecule has 0 bridgehead atoms. The molecule has 21 heavy (non-hydrogen) atoms. The zero-order valence-corrected chi connectivity index (χ0v) is 13.4. The SMILES string of the molecule is Cc1ccc(C)c(Oc2ccc(CNC(C)(C)C)nn2)c1. The molecule has 2 aromatic rings. The highest BCUT2D eigenvalue weighted by Gasteiger charge is 2.09. The van der Waals surface area contributed by atoms with Crippen LogP contribution in [0.25, 0.3) is 0 Å². The van der Waals surface area contributed by atoms with E-state index in [0.29, 0.717) is 12.4 Å². The van der Waals surface area contributed by atoms with Crippen LogP contribution in [0.1, 0.15) is 37.6 Å². The van der Waals surface area contributed by atoms with Gasteiger partial charge in [-0.3, -0.25) is 0 Å². The number of ether oxygens (including phenoxy) is 1. The molecule has 0 fully saturated rings. The average molecular weight is 285 g/mol. The molecule has 1 heterocycles. The van der Waals surface area contributed by atoms with Crippen LogP contribution in [0, 0.1) is 13.8 Å². The number of rotatable bonds is 4. The van der Waals surface area contributed by atoms with E-state index < -0.39 is 0 Å². The number of hydrogen-bond acceptors (Lipinski definition) is 4. The van der Waals surface area contributed by atoms with Gasteiger partial charge in [0.1, 0.15) is 5.75 Å². The second kappa shape index (κ2) is 6.22. The highest BCUT2D eigenvalue weighted by Crippen LogP contribution is 2.24. The summed E-state index contributed by atoms with van der Waals surface area (Å²) in [5.74, 6) is 1.34. The molecule has 1 N–H and O–H groups in total. The molecule has 0 saturated heterocycles. The monoisotopic (exact) mass is 285 g/mol. The Morgan fingerprint density at radius 3 is 2.43 bits per heavy atom. The average Bonchev–Trinajstić information content (AvgIpc) is 2.41. The van der Waals surface area contributed by atoms with Crippen molar-refractivity contribution in [2.24, 2.45) is 0 Å². The summed E-state index contributed by atoms with van der Waals surface area (Å²) < 4.78 is 5.80. The molecular formula is C17H23N3O. The van der Waals surface area contributed by atoms with E-state index in [0.717, 1.165) is 22.6 Å². The van der Waals surface area contributed by atoms with Crippen molar-refractivity contribution in [1.82, 2.24) is 15.5 Å². The van der Waals surface area contributed by atoms with Crippen LogP contribution < -0.4 is 10.1 Å². The summed E-state index contributed by atoms with van der Waals surface area (Å²) >= 11 is 0. The molecule has 0 radical (unpaired) electrons. The van der Waals surface area contributed by atoms with Crippen molar-refractivity contribution in [3.8, 4) is 11.6 Å². The largest absolute Gasteiger partial charge is 0.437 e. The number of aromatic nitrogens is 2. The lowest BCUT2D eigenvalue weighted by atomic mass is 10.1. The second-order valence-corrected chi connectivity index (χ2v) is 6.34. The van der Waals surface area contributed by atoms with Crippen molar-refractivity contribution in [2.45, 2.75) is 46.7 Å². The van der Waals surface area contributed by atoms with Crippen molar-refractivity contribution in [3.63, 3.8) is 0 Å². The standard InChI is InChI=1S/C17H23N3O/c1-12-6-7-13(2)15(10-12)21-16-9-8-14(19-20-16)11-18-17(3,4)5/h6-10,18H,11H2,1-5H3. The summed E-state index contributed by atoms with van der Waals surface area (Å²) in [5.41, 5.74) is 3.21. The van der Waals surface area contributed by atoms with Crippen LogP contribution >= 0.6 is 0 Å². The Labute approximate surface area is 126 Å². The first kappa shape index (κ1) is 15.4. The lowest BCUT2D eigenvalue weighted by Gasteiger charge is -2.19. The summed E-state index contributed by atoms with van der Waals surface area (Å²) in [6.45, 7) is 11.1. The van der Waals surface area contributed by atoms with Gasteiger partial charge in [0, 0.05) is 18.2 Å². The van der Waals surface area contributed by atoms with Crippen LogP contribution in [0.3, 0.4) is 0 Å². The molecule has 0 amide bonds. The van der Waals surface area contributed by atoms with Gasteiger partial charge in [-0.05, 0) is 57.9 Å². The van der Waals surface area contributed by atoms with Crippen LogP contribution in [0.5, 0.6) is 11.6 Å². The molecule has 1 aromatic carbocycles. The fourth-order valence-electron chi connectivity index (χ4n) is 1.78. The second-order valence-electron chi connectivity index (χ2n) is 6.34. The fourth-order valence-corrected chi connectivity index (χ4v) is 1.78. The Morgan fingerprint density at radius 2 is 1.81 bits per heavy atom. The third-order valence-corrected chi connectivity index (χ3v) is 3.05. The van der Waals surface area contributed by atoms with Crippen molar-refractivity contribution < 1.29 is 4.74 Å². The zero-order valence-electron chi connectivity index (χ0n) is 13.4. The Balaban J connectivity index is 2.04. The van der Waals surface area contributed by atoms with Crippen LogP contribution in [-0.2, 0) is 6.54 Å². The molecule has 0 saturated carbocycles. The molecule has 2 rings (SSSR count). The van der Waals surface area contributed by atoms with Gasteiger partial charge in [-0.1, -0.05) is 12.1 Å². The van der Waals surface area contributed by atoms with Gasteiger partial charge in [0.2, 0.25) is 5.88 Å². The number of hydrogen-bond donors (Lipinski definition) is 1. The molecule has 0 atom stereocenters. The van der Waals surface area contributed by atoms with Gasteiger partial charge in [0.15, 0.2) is 0 Å². The zero-order chi connectivity index (χ0) is 15.5. The highest BCUT2D eigenvalue weighted by atomic mass is 16.5. The lowest BCUT2D eigenvalue weighted by Crippen LogP contribution is -2.35. The highest BCUT2D eigenvalue weighted by molar-refractivity contribution is 5.38. The molecule has 0 unspecified atom stereocenters. The van der Waals surface area contributed by atoms with Crippen molar-refractivity contribution in [2.75, 3.05) is 0 Å². The summed E-state index contributed by atoms with van der Waals surface area (Å²) in [4.78, 5) is 0. The summed E-state index contributed by atoms with van der Waals surface area (Å²) in [6.07, 6.45) is 0. The quantitative estimate of drug-likeness (QED) is 0.928. The summed E-state index contributed by atoms with van der Waals surface area (Å²) in [5, 5.41) is 11.7. The number of benzene rings is 1. The molecule has 0 aliphatic heterocycles. The minimum atomic E-state index is 0.0650. The Hall–Kier alpha value is -1.94. The van der Waals surface area contributed by atoms with E-state index in [9.17, 15) is 0 Å². The minimum absolute atomic E-state index is 0.0650.